The summed E-state index contributed by atoms with van der Waals surface area (Å²) in [5.41, 5.74) is 1.12. The second-order valence-corrected chi connectivity index (χ2v) is 4.77. The number of hydrogen-bond donors (Lipinski definition) is 1. The first-order valence-electron chi connectivity index (χ1n) is 6.25. The van der Waals surface area contributed by atoms with Gasteiger partial charge in [-0.2, -0.15) is 5.10 Å². The van der Waals surface area contributed by atoms with Gasteiger partial charge in [0.25, 0.3) is 0 Å². The molecule has 0 saturated heterocycles. The molecule has 3 heteroatoms. The molecule has 1 heterocycles. The molecule has 92 valence electrons. The summed E-state index contributed by atoms with van der Waals surface area (Å²) in [5.74, 6) is 0. The van der Waals surface area contributed by atoms with Crippen molar-refractivity contribution in [2.45, 2.75) is 46.0 Å². The van der Waals surface area contributed by atoms with Gasteiger partial charge in [0, 0.05) is 19.9 Å². The number of unbranched alkanes of at least 4 members (excludes halogenated alkanes) is 1. The first kappa shape index (κ1) is 13.2. The molecule has 0 aliphatic heterocycles. The summed E-state index contributed by atoms with van der Waals surface area (Å²) in [4.78, 5) is 0. The number of nitrogens with zero attached hydrogens (tertiary/aromatic N) is 2. The average molecular weight is 224 g/mol. The van der Waals surface area contributed by atoms with Crippen LogP contribution in [0.1, 0.15) is 45.2 Å². The monoisotopic (exact) mass is 224 g/mol. The Morgan fingerprint density at radius 3 is 2.62 bits per heavy atom. The molecule has 1 aromatic heterocycles. The molecule has 1 atom stereocenters. The predicted molar refractivity (Wildman–Crippen MR) is 66.2 cm³/mol. The highest BCUT2D eigenvalue weighted by atomic mass is 16.3. The Bertz CT molecular complexity index is 303. The van der Waals surface area contributed by atoms with Crippen molar-refractivity contribution >= 4 is 0 Å². The third kappa shape index (κ3) is 3.34. The maximum atomic E-state index is 9.64. The van der Waals surface area contributed by atoms with Crippen molar-refractivity contribution in [3.8, 4) is 0 Å². The Labute approximate surface area is 98.5 Å². The van der Waals surface area contributed by atoms with Crippen LogP contribution in [-0.4, -0.2) is 21.5 Å². The van der Waals surface area contributed by atoms with Gasteiger partial charge in [0.1, 0.15) is 0 Å². The summed E-state index contributed by atoms with van der Waals surface area (Å²) < 4.78 is 1.83. The molecule has 0 radical (unpaired) electrons. The molecule has 0 spiro atoms. The Morgan fingerprint density at radius 1 is 1.44 bits per heavy atom. The van der Waals surface area contributed by atoms with Gasteiger partial charge in [0.05, 0.1) is 5.69 Å². The molecule has 1 aromatic rings. The van der Waals surface area contributed by atoms with Gasteiger partial charge in [-0.3, -0.25) is 4.68 Å². The topological polar surface area (TPSA) is 38.0 Å². The zero-order valence-corrected chi connectivity index (χ0v) is 10.7. The quantitative estimate of drug-likeness (QED) is 0.773. The van der Waals surface area contributed by atoms with E-state index >= 15 is 0 Å². The summed E-state index contributed by atoms with van der Waals surface area (Å²) in [6.45, 7) is 4.62. The Hall–Kier alpha value is -0.830. The van der Waals surface area contributed by atoms with E-state index in [1.165, 1.54) is 12.8 Å². The third-order valence-electron chi connectivity index (χ3n) is 3.47. The van der Waals surface area contributed by atoms with E-state index in [1.807, 2.05) is 24.0 Å². The summed E-state index contributed by atoms with van der Waals surface area (Å²) in [6, 6.07) is 2.05. The van der Waals surface area contributed by atoms with Crippen LogP contribution in [0, 0.1) is 5.41 Å². The lowest BCUT2D eigenvalue weighted by molar-refractivity contribution is 0.106. The van der Waals surface area contributed by atoms with Crippen molar-refractivity contribution in [1.29, 1.82) is 0 Å². The Kier molecular flexibility index (Phi) is 5.00. The fourth-order valence-corrected chi connectivity index (χ4v) is 2.13. The van der Waals surface area contributed by atoms with Gasteiger partial charge in [-0.25, -0.2) is 0 Å². The summed E-state index contributed by atoms with van der Waals surface area (Å²) in [6.07, 6.45) is 7.33. The van der Waals surface area contributed by atoms with Crippen molar-refractivity contribution in [2.24, 2.45) is 12.5 Å². The Balaban J connectivity index is 2.69. The molecular formula is C13H24N2O. The number of rotatable bonds is 7. The van der Waals surface area contributed by atoms with Crippen molar-refractivity contribution in [3.05, 3.63) is 18.0 Å². The number of aryl methyl sites for hydroxylation is 1. The maximum Gasteiger partial charge on any atom is 0.0630 e. The fourth-order valence-electron chi connectivity index (χ4n) is 2.13. The molecule has 0 aliphatic carbocycles. The molecule has 0 bridgehead atoms. The minimum absolute atomic E-state index is 0.0321. The van der Waals surface area contributed by atoms with Gasteiger partial charge in [-0.15, -0.1) is 0 Å². The molecule has 1 N–H and O–H groups in total. The van der Waals surface area contributed by atoms with Gasteiger partial charge in [0.15, 0.2) is 0 Å². The normalized spacial score (nSPS) is 15.0. The minimum atomic E-state index is 0.0321. The van der Waals surface area contributed by atoms with E-state index in [0.717, 1.165) is 25.0 Å². The molecule has 0 amide bonds. The third-order valence-corrected chi connectivity index (χ3v) is 3.47. The summed E-state index contributed by atoms with van der Waals surface area (Å²) >= 11 is 0. The Morgan fingerprint density at radius 2 is 2.19 bits per heavy atom. The van der Waals surface area contributed by atoms with E-state index in [-0.39, 0.29) is 12.0 Å². The SMILES string of the molecule is CCCCC(CC)(CO)Cc1ccn(C)n1. The smallest absolute Gasteiger partial charge is 0.0630 e. The van der Waals surface area contributed by atoms with Gasteiger partial charge in [-0.05, 0) is 30.7 Å². The molecule has 0 saturated carbocycles. The molecule has 16 heavy (non-hydrogen) atoms. The van der Waals surface area contributed by atoms with Gasteiger partial charge in [-0.1, -0.05) is 26.7 Å². The van der Waals surface area contributed by atoms with E-state index in [9.17, 15) is 5.11 Å². The molecular weight excluding hydrogens is 200 g/mol. The van der Waals surface area contributed by atoms with E-state index in [0.29, 0.717) is 0 Å². The molecule has 1 rings (SSSR count). The van der Waals surface area contributed by atoms with E-state index < -0.39 is 0 Å². The lowest BCUT2D eigenvalue weighted by Crippen LogP contribution is -2.27. The highest BCUT2D eigenvalue weighted by Gasteiger charge is 2.27. The van der Waals surface area contributed by atoms with Crippen LogP contribution in [0.3, 0.4) is 0 Å². The first-order valence-corrected chi connectivity index (χ1v) is 6.25. The van der Waals surface area contributed by atoms with Crippen LogP contribution in [0.2, 0.25) is 0 Å². The van der Waals surface area contributed by atoms with E-state index in [4.69, 9.17) is 0 Å². The minimum Gasteiger partial charge on any atom is -0.396 e. The molecule has 0 aromatic carbocycles. The summed E-state index contributed by atoms with van der Waals surface area (Å²) in [5, 5.41) is 14.0. The standard InChI is InChI=1S/C13H24N2O/c1-4-6-8-13(5-2,11-16)10-12-7-9-15(3)14-12/h7,9,16H,4-6,8,10-11H2,1-3H3. The van der Waals surface area contributed by atoms with E-state index in [1.54, 1.807) is 0 Å². The van der Waals surface area contributed by atoms with Crippen LogP contribution in [0.25, 0.3) is 0 Å². The fraction of sp³-hybridized carbons (Fsp3) is 0.769. The average Bonchev–Trinajstić information content (AvgIpc) is 2.70. The lowest BCUT2D eigenvalue weighted by atomic mass is 9.77. The van der Waals surface area contributed by atoms with Crippen LogP contribution in [-0.2, 0) is 13.5 Å². The van der Waals surface area contributed by atoms with Gasteiger partial charge >= 0.3 is 0 Å². The number of aromatic nitrogens is 2. The van der Waals surface area contributed by atoms with Crippen LogP contribution in [0.4, 0.5) is 0 Å². The van der Waals surface area contributed by atoms with Crippen LogP contribution >= 0.6 is 0 Å². The number of hydrogen-bond acceptors (Lipinski definition) is 2. The van der Waals surface area contributed by atoms with Crippen LogP contribution < -0.4 is 0 Å². The second-order valence-electron chi connectivity index (χ2n) is 4.77. The largest absolute Gasteiger partial charge is 0.396 e. The van der Waals surface area contributed by atoms with E-state index in [2.05, 4.69) is 18.9 Å². The van der Waals surface area contributed by atoms with Gasteiger partial charge < -0.3 is 5.11 Å². The van der Waals surface area contributed by atoms with Crippen molar-refractivity contribution in [3.63, 3.8) is 0 Å². The first-order chi connectivity index (χ1) is 7.65. The lowest BCUT2D eigenvalue weighted by Gasteiger charge is -2.30. The number of aliphatic hydroxyl groups is 1. The van der Waals surface area contributed by atoms with Crippen LogP contribution in [0.5, 0.6) is 0 Å². The highest BCUT2D eigenvalue weighted by Crippen LogP contribution is 2.32. The zero-order valence-electron chi connectivity index (χ0n) is 10.7. The predicted octanol–water partition coefficient (Wildman–Crippen LogP) is 2.54. The van der Waals surface area contributed by atoms with Gasteiger partial charge in [0.2, 0.25) is 0 Å². The zero-order chi connectivity index (χ0) is 12.0. The molecule has 0 fully saturated rings. The maximum absolute atomic E-state index is 9.64. The van der Waals surface area contributed by atoms with Crippen molar-refractivity contribution < 1.29 is 5.11 Å². The summed E-state index contributed by atoms with van der Waals surface area (Å²) in [7, 11) is 1.93. The second kappa shape index (κ2) is 6.04. The van der Waals surface area contributed by atoms with Crippen molar-refractivity contribution in [2.75, 3.05) is 6.61 Å². The van der Waals surface area contributed by atoms with Crippen molar-refractivity contribution in [1.82, 2.24) is 9.78 Å². The molecule has 1 unspecified atom stereocenters. The number of aliphatic hydroxyl groups excluding tert-OH is 1. The van der Waals surface area contributed by atoms with Crippen LogP contribution in [0.15, 0.2) is 12.3 Å². The molecule has 0 aliphatic rings. The molecule has 3 nitrogen and oxygen atoms in total. The highest BCUT2D eigenvalue weighted by molar-refractivity contribution is 5.03.